The van der Waals surface area contributed by atoms with Gasteiger partial charge in [-0.1, -0.05) is 36.8 Å². The molecule has 1 aliphatic rings. The van der Waals surface area contributed by atoms with E-state index in [1.54, 1.807) is 18.3 Å². The van der Waals surface area contributed by atoms with Gasteiger partial charge in [0.15, 0.2) is 0 Å². The van der Waals surface area contributed by atoms with Crippen molar-refractivity contribution < 1.29 is 23.8 Å². The van der Waals surface area contributed by atoms with Crippen molar-refractivity contribution in [1.29, 1.82) is 0 Å². The second-order valence-electron chi connectivity index (χ2n) is 8.39. The zero-order chi connectivity index (χ0) is 24.1. The Morgan fingerprint density at radius 2 is 1.97 bits per heavy atom. The standard InChI is InChI=1S/C26H28FN3O4/c1-17-19(6-5-7-22(17)18-9-11-21(27)12-10-18)16-34-26-28-14-20(24(29-26)33-2)15-30-13-4-3-8-23(30)25(31)32/h5-7,9-12,14,23H,3-4,8,13,15-16H2,1-2H3,(H,31,32)/t23-/m0/s1. The van der Waals surface area contributed by atoms with Crippen molar-refractivity contribution in [3.63, 3.8) is 0 Å². The fourth-order valence-corrected chi connectivity index (χ4v) is 4.33. The van der Waals surface area contributed by atoms with Crippen molar-refractivity contribution >= 4 is 5.97 Å². The smallest absolute Gasteiger partial charge is 0.320 e. The van der Waals surface area contributed by atoms with Crippen molar-refractivity contribution in [3.05, 3.63) is 71.2 Å². The number of aliphatic carboxylic acids is 1. The van der Waals surface area contributed by atoms with E-state index in [9.17, 15) is 14.3 Å². The Morgan fingerprint density at radius 1 is 1.18 bits per heavy atom. The summed E-state index contributed by atoms with van der Waals surface area (Å²) in [5.41, 5.74) is 4.65. The fraction of sp³-hybridized carbons (Fsp3) is 0.346. The Bertz CT molecular complexity index is 1150. The van der Waals surface area contributed by atoms with Gasteiger partial charge < -0.3 is 14.6 Å². The summed E-state index contributed by atoms with van der Waals surface area (Å²) >= 11 is 0. The van der Waals surface area contributed by atoms with Gasteiger partial charge in [-0.15, -0.1) is 0 Å². The number of nitrogens with zero attached hydrogens (tertiary/aromatic N) is 3. The number of hydrogen-bond donors (Lipinski definition) is 1. The Balaban J connectivity index is 1.47. The molecular weight excluding hydrogens is 437 g/mol. The summed E-state index contributed by atoms with van der Waals surface area (Å²) in [6.45, 7) is 3.37. The van der Waals surface area contributed by atoms with Crippen LogP contribution in [0.25, 0.3) is 11.1 Å². The van der Waals surface area contributed by atoms with Crippen LogP contribution in [0.4, 0.5) is 4.39 Å². The highest BCUT2D eigenvalue weighted by Crippen LogP contribution is 2.28. The normalized spacial score (nSPS) is 16.3. The molecular formula is C26H28FN3O4. The van der Waals surface area contributed by atoms with Crippen LogP contribution in [-0.2, 0) is 17.9 Å². The molecule has 2 aromatic carbocycles. The predicted octanol–water partition coefficient (Wildman–Crippen LogP) is 4.62. The summed E-state index contributed by atoms with van der Waals surface area (Å²) in [6, 6.07) is 12.0. The lowest BCUT2D eigenvalue weighted by Crippen LogP contribution is -2.44. The van der Waals surface area contributed by atoms with E-state index in [1.165, 1.54) is 19.2 Å². The molecule has 4 rings (SSSR count). The molecule has 7 nitrogen and oxygen atoms in total. The first-order chi connectivity index (χ1) is 16.5. The van der Waals surface area contributed by atoms with Gasteiger partial charge in [-0.25, -0.2) is 9.37 Å². The topological polar surface area (TPSA) is 84.8 Å². The first kappa shape index (κ1) is 23.6. The molecule has 0 amide bonds. The minimum Gasteiger partial charge on any atom is -0.481 e. The van der Waals surface area contributed by atoms with Gasteiger partial charge in [-0.05, 0) is 60.7 Å². The van der Waals surface area contributed by atoms with E-state index < -0.39 is 12.0 Å². The molecule has 0 spiro atoms. The fourth-order valence-electron chi connectivity index (χ4n) is 4.33. The lowest BCUT2D eigenvalue weighted by atomic mass is 9.97. The summed E-state index contributed by atoms with van der Waals surface area (Å²) in [4.78, 5) is 22.2. The Hall–Kier alpha value is -3.52. The van der Waals surface area contributed by atoms with Crippen LogP contribution in [-0.4, -0.2) is 45.6 Å². The van der Waals surface area contributed by atoms with E-state index in [0.29, 0.717) is 25.4 Å². The molecule has 3 aromatic rings. The number of methoxy groups -OCH3 is 1. The number of rotatable bonds is 8. The number of carboxylic acids is 1. The van der Waals surface area contributed by atoms with Crippen LogP contribution in [0.15, 0.2) is 48.7 Å². The summed E-state index contributed by atoms with van der Waals surface area (Å²) in [5.74, 6) is -0.705. The van der Waals surface area contributed by atoms with Crippen molar-refractivity contribution in [3.8, 4) is 23.0 Å². The van der Waals surface area contributed by atoms with Gasteiger partial charge in [0, 0.05) is 18.3 Å². The van der Waals surface area contributed by atoms with E-state index in [1.807, 2.05) is 30.0 Å². The van der Waals surface area contributed by atoms with Crippen molar-refractivity contribution in [2.45, 2.75) is 45.4 Å². The SMILES string of the molecule is COc1nc(OCc2cccc(-c3ccc(F)cc3)c2C)ncc1CN1CCCC[C@H]1C(=O)O. The number of aromatic nitrogens is 2. The Kier molecular flexibility index (Phi) is 7.37. The second kappa shape index (κ2) is 10.6. The van der Waals surface area contributed by atoms with Gasteiger partial charge in [0.05, 0.1) is 7.11 Å². The second-order valence-corrected chi connectivity index (χ2v) is 8.39. The highest BCUT2D eigenvalue weighted by Gasteiger charge is 2.29. The van der Waals surface area contributed by atoms with Crippen LogP contribution in [0.1, 0.15) is 36.0 Å². The maximum Gasteiger partial charge on any atom is 0.320 e. The lowest BCUT2D eigenvalue weighted by Gasteiger charge is -2.32. The molecule has 8 heteroatoms. The molecule has 0 saturated carbocycles. The summed E-state index contributed by atoms with van der Waals surface area (Å²) < 4.78 is 24.6. The number of ether oxygens (including phenoxy) is 2. The number of benzene rings is 2. The van der Waals surface area contributed by atoms with Crippen LogP contribution in [0.2, 0.25) is 0 Å². The van der Waals surface area contributed by atoms with Crippen molar-refractivity contribution in [1.82, 2.24) is 14.9 Å². The van der Waals surface area contributed by atoms with Crippen LogP contribution in [0.3, 0.4) is 0 Å². The molecule has 178 valence electrons. The molecule has 2 heterocycles. The van der Waals surface area contributed by atoms with Crippen LogP contribution in [0, 0.1) is 12.7 Å². The lowest BCUT2D eigenvalue weighted by molar-refractivity contribution is -0.144. The van der Waals surface area contributed by atoms with Crippen LogP contribution >= 0.6 is 0 Å². The minimum absolute atomic E-state index is 0.181. The van der Waals surface area contributed by atoms with Crippen LogP contribution in [0.5, 0.6) is 11.9 Å². The third-order valence-electron chi connectivity index (χ3n) is 6.23. The van der Waals surface area contributed by atoms with E-state index in [4.69, 9.17) is 9.47 Å². The van der Waals surface area contributed by atoms with Crippen molar-refractivity contribution in [2.75, 3.05) is 13.7 Å². The molecule has 0 radical (unpaired) electrons. The summed E-state index contributed by atoms with van der Waals surface area (Å²) in [7, 11) is 1.52. The third-order valence-corrected chi connectivity index (χ3v) is 6.23. The maximum absolute atomic E-state index is 13.3. The van der Waals surface area contributed by atoms with Gasteiger partial charge in [-0.2, -0.15) is 4.98 Å². The van der Waals surface area contributed by atoms with Crippen molar-refractivity contribution in [2.24, 2.45) is 0 Å². The third kappa shape index (κ3) is 5.34. The van der Waals surface area contributed by atoms with Crippen LogP contribution < -0.4 is 9.47 Å². The predicted molar refractivity (Wildman–Crippen MR) is 125 cm³/mol. The maximum atomic E-state index is 13.3. The van der Waals surface area contributed by atoms with E-state index >= 15 is 0 Å². The summed E-state index contributed by atoms with van der Waals surface area (Å²) in [6.07, 6.45) is 4.15. The van der Waals surface area contributed by atoms with E-state index in [2.05, 4.69) is 9.97 Å². The molecule has 1 N–H and O–H groups in total. The van der Waals surface area contributed by atoms with Gasteiger partial charge in [0.25, 0.3) is 0 Å². The average Bonchev–Trinajstić information content (AvgIpc) is 2.85. The number of likely N-dealkylation sites (tertiary alicyclic amines) is 1. The first-order valence-corrected chi connectivity index (χ1v) is 11.3. The molecule has 1 aliphatic heterocycles. The highest BCUT2D eigenvalue weighted by molar-refractivity contribution is 5.73. The van der Waals surface area contributed by atoms with E-state index in [-0.39, 0.29) is 18.4 Å². The molecule has 0 unspecified atom stereocenters. The van der Waals surface area contributed by atoms with Gasteiger partial charge in [-0.3, -0.25) is 9.69 Å². The van der Waals surface area contributed by atoms with Gasteiger partial charge in [0.2, 0.25) is 5.88 Å². The number of halogens is 1. The first-order valence-electron chi connectivity index (χ1n) is 11.3. The molecule has 0 bridgehead atoms. The molecule has 1 aromatic heterocycles. The highest BCUT2D eigenvalue weighted by atomic mass is 19.1. The molecule has 1 saturated heterocycles. The number of hydrogen-bond acceptors (Lipinski definition) is 6. The zero-order valence-electron chi connectivity index (χ0n) is 19.3. The molecule has 34 heavy (non-hydrogen) atoms. The van der Waals surface area contributed by atoms with Gasteiger partial charge >= 0.3 is 12.0 Å². The number of carboxylic acid groups (broad SMARTS) is 1. The number of carbonyl (C=O) groups is 1. The Morgan fingerprint density at radius 3 is 2.71 bits per heavy atom. The van der Waals surface area contributed by atoms with Gasteiger partial charge in [0.1, 0.15) is 18.5 Å². The minimum atomic E-state index is -0.808. The monoisotopic (exact) mass is 465 g/mol. The average molecular weight is 466 g/mol. The summed E-state index contributed by atoms with van der Waals surface area (Å²) in [5, 5.41) is 9.52. The zero-order valence-corrected chi connectivity index (χ0v) is 19.3. The number of piperidine rings is 1. The van der Waals surface area contributed by atoms with E-state index in [0.717, 1.165) is 40.7 Å². The Labute approximate surface area is 198 Å². The largest absolute Gasteiger partial charge is 0.481 e. The molecule has 0 aliphatic carbocycles. The quantitative estimate of drug-likeness (QED) is 0.520. The molecule has 1 fully saturated rings. The molecule has 1 atom stereocenters.